The number of ether oxygens (including phenoxy) is 2. The van der Waals surface area contributed by atoms with Crippen LogP contribution in [0.4, 0.5) is 11.6 Å². The van der Waals surface area contributed by atoms with Gasteiger partial charge in [0.1, 0.15) is 5.75 Å². The zero-order valence-corrected chi connectivity index (χ0v) is 24.4. The van der Waals surface area contributed by atoms with Crippen LogP contribution in [0.2, 0.25) is 0 Å². The van der Waals surface area contributed by atoms with E-state index in [2.05, 4.69) is 29.4 Å². The number of carbonyl (C=O) groups excluding carboxylic acids is 1. The van der Waals surface area contributed by atoms with Crippen molar-refractivity contribution < 1.29 is 14.3 Å². The average molecular weight is 582 g/mol. The Morgan fingerprint density at radius 2 is 1.83 bits per heavy atom. The molecule has 2 aliphatic heterocycles. The molecule has 2 saturated heterocycles. The molecule has 0 unspecified atom stereocenters. The molecule has 214 valence electrons. The van der Waals surface area contributed by atoms with Gasteiger partial charge in [0.15, 0.2) is 11.0 Å². The van der Waals surface area contributed by atoms with Crippen LogP contribution in [0.3, 0.4) is 0 Å². The second-order valence-electron chi connectivity index (χ2n) is 10.2. The minimum absolute atomic E-state index is 0.00618. The Labute approximate surface area is 248 Å². The molecule has 42 heavy (non-hydrogen) atoms. The van der Waals surface area contributed by atoms with Gasteiger partial charge in [-0.3, -0.25) is 9.69 Å². The van der Waals surface area contributed by atoms with E-state index in [0.717, 1.165) is 33.8 Å². The van der Waals surface area contributed by atoms with E-state index in [1.807, 2.05) is 72.8 Å². The Balaban J connectivity index is 1.21. The molecule has 3 heterocycles. The SMILES string of the molecule is COc1ccc(-n2nc(-c3ccc(C=NN=C4SCC(=O)N4c4ccccc4C(C)C)cc3)nc2NC2COC2)cc1. The van der Waals surface area contributed by atoms with Gasteiger partial charge in [0.25, 0.3) is 0 Å². The molecule has 11 heteroatoms. The summed E-state index contributed by atoms with van der Waals surface area (Å²) in [4.78, 5) is 19.2. The molecule has 1 amide bonds. The fourth-order valence-electron chi connectivity index (χ4n) is 4.65. The number of aromatic nitrogens is 3. The summed E-state index contributed by atoms with van der Waals surface area (Å²) in [5, 5.41) is 17.5. The van der Waals surface area contributed by atoms with Gasteiger partial charge in [-0.1, -0.05) is 68.1 Å². The van der Waals surface area contributed by atoms with Crippen molar-refractivity contribution in [2.75, 3.05) is 36.3 Å². The van der Waals surface area contributed by atoms with Crippen LogP contribution in [-0.2, 0) is 9.53 Å². The van der Waals surface area contributed by atoms with E-state index in [1.54, 1.807) is 22.9 Å². The second-order valence-corrected chi connectivity index (χ2v) is 11.2. The molecule has 2 fully saturated rings. The number of methoxy groups -OCH3 is 1. The standard InChI is InChI=1S/C31H31N7O3S/c1-20(2)26-6-4-5-7-27(26)37-28(39)19-42-31(37)35-32-16-21-8-10-22(11-9-21)29-34-30(33-23-17-41-18-23)38(36-29)24-12-14-25(40-3)15-13-24/h4-16,20,23H,17-19H2,1-3H3,(H,33,34,36). The fraction of sp³-hybridized carbons (Fsp3) is 0.258. The Kier molecular flexibility index (Phi) is 8.02. The number of nitrogens with one attached hydrogen (secondary N) is 1. The summed E-state index contributed by atoms with van der Waals surface area (Å²) < 4.78 is 12.4. The Bertz CT molecular complexity index is 1630. The highest BCUT2D eigenvalue weighted by molar-refractivity contribution is 8.15. The number of amides is 1. The van der Waals surface area contributed by atoms with E-state index in [0.29, 0.717) is 35.9 Å². The molecule has 4 aromatic rings. The number of para-hydroxylation sites is 1. The predicted octanol–water partition coefficient (Wildman–Crippen LogP) is 5.35. The largest absolute Gasteiger partial charge is 0.497 e. The first kappa shape index (κ1) is 27.7. The van der Waals surface area contributed by atoms with Crippen molar-refractivity contribution in [3.8, 4) is 22.8 Å². The lowest BCUT2D eigenvalue weighted by molar-refractivity contribution is -0.115. The van der Waals surface area contributed by atoms with Crippen molar-refractivity contribution >= 4 is 40.7 Å². The van der Waals surface area contributed by atoms with Crippen molar-refractivity contribution in [3.05, 3.63) is 83.9 Å². The third kappa shape index (κ3) is 5.79. The highest BCUT2D eigenvalue weighted by Crippen LogP contribution is 2.33. The van der Waals surface area contributed by atoms with Gasteiger partial charge < -0.3 is 14.8 Å². The van der Waals surface area contributed by atoms with Gasteiger partial charge in [0.2, 0.25) is 11.9 Å². The quantitative estimate of drug-likeness (QED) is 0.210. The lowest BCUT2D eigenvalue weighted by Gasteiger charge is -2.27. The van der Waals surface area contributed by atoms with Crippen LogP contribution in [0.1, 0.15) is 30.9 Å². The number of amidine groups is 1. The molecule has 0 aliphatic carbocycles. The third-order valence-electron chi connectivity index (χ3n) is 6.98. The van der Waals surface area contributed by atoms with E-state index >= 15 is 0 Å². The molecular formula is C31H31N7O3S. The van der Waals surface area contributed by atoms with Gasteiger partial charge in [-0.25, -0.2) is 0 Å². The van der Waals surface area contributed by atoms with E-state index in [1.165, 1.54) is 11.8 Å². The molecule has 3 aromatic carbocycles. The maximum atomic E-state index is 12.7. The second kappa shape index (κ2) is 12.2. The summed E-state index contributed by atoms with van der Waals surface area (Å²) >= 11 is 1.40. The normalized spacial score (nSPS) is 16.5. The van der Waals surface area contributed by atoms with Crippen LogP contribution in [0, 0.1) is 0 Å². The van der Waals surface area contributed by atoms with Crippen molar-refractivity contribution in [2.24, 2.45) is 10.2 Å². The maximum Gasteiger partial charge on any atom is 0.243 e. The highest BCUT2D eigenvalue weighted by atomic mass is 32.2. The molecule has 1 N–H and O–H groups in total. The summed E-state index contributed by atoms with van der Waals surface area (Å²) in [6.45, 7) is 5.51. The molecule has 2 aliphatic rings. The number of benzene rings is 3. The van der Waals surface area contributed by atoms with Crippen LogP contribution < -0.4 is 15.0 Å². The molecule has 10 nitrogen and oxygen atoms in total. The minimum Gasteiger partial charge on any atom is -0.497 e. The first-order valence-corrected chi connectivity index (χ1v) is 14.7. The average Bonchev–Trinajstić information content (AvgIpc) is 3.58. The Morgan fingerprint density at radius 3 is 2.52 bits per heavy atom. The highest BCUT2D eigenvalue weighted by Gasteiger charge is 2.31. The van der Waals surface area contributed by atoms with Crippen molar-refractivity contribution in [1.82, 2.24) is 14.8 Å². The van der Waals surface area contributed by atoms with Crippen molar-refractivity contribution in [1.29, 1.82) is 0 Å². The van der Waals surface area contributed by atoms with Crippen LogP contribution >= 0.6 is 11.8 Å². The number of hydrogen-bond acceptors (Lipinski definition) is 9. The van der Waals surface area contributed by atoms with Gasteiger partial charge in [-0.15, -0.1) is 10.2 Å². The first-order chi connectivity index (χ1) is 20.5. The van der Waals surface area contributed by atoms with Crippen molar-refractivity contribution in [2.45, 2.75) is 25.8 Å². The van der Waals surface area contributed by atoms with E-state index in [-0.39, 0.29) is 17.9 Å². The Hall–Kier alpha value is -4.48. The van der Waals surface area contributed by atoms with E-state index in [9.17, 15) is 4.79 Å². The smallest absolute Gasteiger partial charge is 0.243 e. The topological polar surface area (TPSA) is 106 Å². The summed E-state index contributed by atoms with van der Waals surface area (Å²) in [6.07, 6.45) is 1.68. The fourth-order valence-corrected chi connectivity index (χ4v) is 5.46. The van der Waals surface area contributed by atoms with Gasteiger partial charge in [-0.05, 0) is 47.4 Å². The number of anilines is 2. The third-order valence-corrected chi connectivity index (χ3v) is 7.89. The summed E-state index contributed by atoms with van der Waals surface area (Å²) in [5.74, 6) is 2.64. The molecular weight excluding hydrogens is 550 g/mol. The number of rotatable bonds is 9. The Morgan fingerprint density at radius 1 is 1.07 bits per heavy atom. The molecule has 1 aromatic heterocycles. The summed E-state index contributed by atoms with van der Waals surface area (Å²) in [6, 6.07) is 23.6. The molecule has 0 bridgehead atoms. The van der Waals surface area contributed by atoms with Gasteiger partial charge >= 0.3 is 0 Å². The van der Waals surface area contributed by atoms with Gasteiger partial charge in [-0.2, -0.15) is 14.8 Å². The number of thioether (sulfide) groups is 1. The van der Waals surface area contributed by atoms with Crippen LogP contribution in [0.5, 0.6) is 5.75 Å². The monoisotopic (exact) mass is 581 g/mol. The van der Waals surface area contributed by atoms with E-state index < -0.39 is 0 Å². The van der Waals surface area contributed by atoms with Gasteiger partial charge in [0, 0.05) is 5.56 Å². The first-order valence-electron chi connectivity index (χ1n) is 13.7. The minimum atomic E-state index is 0.00618. The lowest BCUT2D eigenvalue weighted by atomic mass is 10.0. The summed E-state index contributed by atoms with van der Waals surface area (Å²) in [5.41, 5.74) is 4.57. The van der Waals surface area contributed by atoms with Crippen molar-refractivity contribution in [3.63, 3.8) is 0 Å². The number of carbonyl (C=O) groups is 1. The molecule has 0 saturated carbocycles. The zero-order chi connectivity index (χ0) is 29.1. The van der Waals surface area contributed by atoms with Crippen LogP contribution in [-0.4, -0.2) is 64.2 Å². The zero-order valence-electron chi connectivity index (χ0n) is 23.6. The van der Waals surface area contributed by atoms with E-state index in [4.69, 9.17) is 19.6 Å². The number of nitrogens with zero attached hydrogens (tertiary/aromatic N) is 6. The maximum absolute atomic E-state index is 12.7. The molecule has 6 rings (SSSR count). The van der Waals surface area contributed by atoms with Crippen LogP contribution in [0.15, 0.2) is 83.0 Å². The molecule has 0 radical (unpaired) electrons. The molecule has 0 spiro atoms. The predicted molar refractivity (Wildman–Crippen MR) is 167 cm³/mol. The lowest BCUT2D eigenvalue weighted by Crippen LogP contribution is -2.41. The summed E-state index contributed by atoms with van der Waals surface area (Å²) in [7, 11) is 1.64. The number of hydrogen-bond donors (Lipinski definition) is 1. The van der Waals surface area contributed by atoms with Crippen LogP contribution in [0.25, 0.3) is 17.1 Å². The van der Waals surface area contributed by atoms with Gasteiger partial charge in [0.05, 0.1) is 49.7 Å². The molecule has 0 atom stereocenters.